The molecule has 112 valence electrons. The first-order valence-corrected chi connectivity index (χ1v) is 6.87. The summed E-state index contributed by atoms with van der Waals surface area (Å²) in [5.41, 5.74) is 1.48. The fraction of sp³-hybridized carbons (Fsp3) is 0.600. The van der Waals surface area contributed by atoms with Gasteiger partial charge in [-0.2, -0.15) is 0 Å². The summed E-state index contributed by atoms with van der Waals surface area (Å²) >= 11 is 0. The summed E-state index contributed by atoms with van der Waals surface area (Å²) < 4.78 is 10.4. The number of carbonyl (C=O) groups excluding carboxylic acids is 1. The average molecular weight is 282 g/mol. The van der Waals surface area contributed by atoms with Gasteiger partial charge in [0.05, 0.1) is 19.8 Å². The molecule has 0 radical (unpaired) electrons. The SMILES string of the molecule is C=C(C)COCCCOC(=O)C1=C(C(=O)O)CCCC1. The molecule has 1 N–H and O–H groups in total. The minimum absolute atomic E-state index is 0.208. The molecular weight excluding hydrogens is 260 g/mol. The number of carbonyl (C=O) groups is 2. The number of carboxylic acid groups (broad SMARTS) is 1. The first-order valence-electron chi connectivity index (χ1n) is 6.87. The Balaban J connectivity index is 2.34. The summed E-state index contributed by atoms with van der Waals surface area (Å²) in [5, 5.41) is 9.06. The summed E-state index contributed by atoms with van der Waals surface area (Å²) in [7, 11) is 0. The lowest BCUT2D eigenvalue weighted by Gasteiger charge is -2.16. The predicted molar refractivity (Wildman–Crippen MR) is 74.3 cm³/mol. The van der Waals surface area contributed by atoms with Gasteiger partial charge in [0.25, 0.3) is 0 Å². The lowest BCUT2D eigenvalue weighted by Crippen LogP contribution is -2.18. The Hall–Kier alpha value is -1.62. The van der Waals surface area contributed by atoms with Crippen molar-refractivity contribution < 1.29 is 24.2 Å². The van der Waals surface area contributed by atoms with Crippen molar-refractivity contribution in [2.24, 2.45) is 0 Å². The lowest BCUT2D eigenvalue weighted by atomic mass is 9.92. The van der Waals surface area contributed by atoms with E-state index in [9.17, 15) is 9.59 Å². The summed E-state index contributed by atoms with van der Waals surface area (Å²) in [5.74, 6) is -1.51. The molecule has 0 aromatic heterocycles. The second-order valence-electron chi connectivity index (χ2n) is 4.97. The third kappa shape index (κ3) is 5.57. The van der Waals surface area contributed by atoms with Crippen molar-refractivity contribution >= 4 is 11.9 Å². The molecular formula is C15H22O5. The van der Waals surface area contributed by atoms with Gasteiger partial charge < -0.3 is 14.6 Å². The molecule has 0 atom stereocenters. The number of ether oxygens (including phenoxy) is 2. The van der Waals surface area contributed by atoms with E-state index in [1.54, 1.807) is 0 Å². The van der Waals surface area contributed by atoms with E-state index in [2.05, 4.69) is 6.58 Å². The van der Waals surface area contributed by atoms with Crippen molar-refractivity contribution in [1.29, 1.82) is 0 Å². The Kier molecular flexibility index (Phi) is 7.01. The predicted octanol–water partition coefficient (Wildman–Crippen LogP) is 2.47. The Morgan fingerprint density at radius 1 is 1.20 bits per heavy atom. The van der Waals surface area contributed by atoms with Gasteiger partial charge in [-0.15, -0.1) is 0 Å². The van der Waals surface area contributed by atoms with Crippen LogP contribution >= 0.6 is 0 Å². The van der Waals surface area contributed by atoms with Crippen LogP contribution in [0.15, 0.2) is 23.3 Å². The van der Waals surface area contributed by atoms with Crippen LogP contribution in [0, 0.1) is 0 Å². The van der Waals surface area contributed by atoms with E-state index in [1.165, 1.54) is 0 Å². The number of carboxylic acids is 1. The smallest absolute Gasteiger partial charge is 0.334 e. The maximum atomic E-state index is 11.9. The topological polar surface area (TPSA) is 72.8 Å². The van der Waals surface area contributed by atoms with E-state index < -0.39 is 11.9 Å². The number of aliphatic carboxylic acids is 1. The van der Waals surface area contributed by atoms with Crippen LogP contribution in [0.4, 0.5) is 0 Å². The zero-order valence-corrected chi connectivity index (χ0v) is 11.9. The van der Waals surface area contributed by atoms with Crippen LogP contribution < -0.4 is 0 Å². The zero-order chi connectivity index (χ0) is 15.0. The van der Waals surface area contributed by atoms with Crippen LogP contribution in [0.5, 0.6) is 0 Å². The van der Waals surface area contributed by atoms with Crippen molar-refractivity contribution in [2.75, 3.05) is 19.8 Å². The first-order chi connectivity index (χ1) is 9.52. The van der Waals surface area contributed by atoms with E-state index in [0.717, 1.165) is 18.4 Å². The molecule has 0 unspecified atom stereocenters. The monoisotopic (exact) mass is 282 g/mol. The standard InChI is InChI=1S/C15H22O5/c1-11(2)10-19-8-5-9-20-15(18)13-7-4-3-6-12(13)14(16)17/h1,3-10H2,2H3,(H,16,17). The molecule has 0 spiro atoms. The highest BCUT2D eigenvalue weighted by molar-refractivity contribution is 5.99. The quantitative estimate of drug-likeness (QED) is 0.420. The van der Waals surface area contributed by atoms with Crippen LogP contribution in [0.2, 0.25) is 0 Å². The molecule has 0 aromatic carbocycles. The van der Waals surface area contributed by atoms with Gasteiger partial charge in [-0.25, -0.2) is 9.59 Å². The molecule has 0 bridgehead atoms. The van der Waals surface area contributed by atoms with Crippen LogP contribution in [0.25, 0.3) is 0 Å². The van der Waals surface area contributed by atoms with Gasteiger partial charge in [-0.3, -0.25) is 0 Å². The molecule has 5 nitrogen and oxygen atoms in total. The number of rotatable bonds is 8. The highest BCUT2D eigenvalue weighted by Crippen LogP contribution is 2.25. The molecule has 0 aliphatic heterocycles. The van der Waals surface area contributed by atoms with E-state index >= 15 is 0 Å². The van der Waals surface area contributed by atoms with Gasteiger partial charge in [-0.05, 0) is 32.6 Å². The highest BCUT2D eigenvalue weighted by atomic mass is 16.5. The van der Waals surface area contributed by atoms with Gasteiger partial charge in [-0.1, -0.05) is 12.2 Å². The van der Waals surface area contributed by atoms with Crippen molar-refractivity contribution in [3.63, 3.8) is 0 Å². The van der Waals surface area contributed by atoms with Crippen LogP contribution in [-0.4, -0.2) is 36.9 Å². The van der Waals surface area contributed by atoms with E-state index in [-0.39, 0.29) is 12.2 Å². The largest absolute Gasteiger partial charge is 0.478 e. The summed E-state index contributed by atoms with van der Waals surface area (Å²) in [6, 6.07) is 0. The number of hydrogen-bond acceptors (Lipinski definition) is 4. The molecule has 0 aromatic rings. The Morgan fingerprint density at radius 3 is 2.45 bits per heavy atom. The molecule has 20 heavy (non-hydrogen) atoms. The van der Waals surface area contributed by atoms with Gasteiger partial charge in [0.1, 0.15) is 0 Å². The van der Waals surface area contributed by atoms with Crippen molar-refractivity contribution in [1.82, 2.24) is 0 Å². The number of hydrogen-bond donors (Lipinski definition) is 1. The maximum absolute atomic E-state index is 11.9. The molecule has 0 fully saturated rings. The van der Waals surface area contributed by atoms with Gasteiger partial charge in [0, 0.05) is 17.6 Å². The van der Waals surface area contributed by atoms with Gasteiger partial charge >= 0.3 is 11.9 Å². The van der Waals surface area contributed by atoms with Crippen LogP contribution in [0.1, 0.15) is 39.0 Å². The Bertz CT molecular complexity index is 408. The van der Waals surface area contributed by atoms with Crippen molar-refractivity contribution in [2.45, 2.75) is 39.0 Å². The molecule has 1 aliphatic rings. The van der Waals surface area contributed by atoms with Crippen molar-refractivity contribution in [3.8, 4) is 0 Å². The minimum Gasteiger partial charge on any atom is -0.478 e. The van der Waals surface area contributed by atoms with Gasteiger partial charge in [0.2, 0.25) is 0 Å². The second-order valence-corrected chi connectivity index (χ2v) is 4.97. The van der Waals surface area contributed by atoms with E-state index in [1.807, 2.05) is 6.92 Å². The van der Waals surface area contributed by atoms with Gasteiger partial charge in [0.15, 0.2) is 0 Å². The van der Waals surface area contributed by atoms with Crippen LogP contribution in [-0.2, 0) is 19.1 Å². The third-order valence-corrected chi connectivity index (χ3v) is 2.99. The van der Waals surface area contributed by atoms with Crippen LogP contribution in [0.3, 0.4) is 0 Å². The molecule has 5 heteroatoms. The molecule has 0 amide bonds. The molecule has 0 saturated carbocycles. The van der Waals surface area contributed by atoms with E-state index in [4.69, 9.17) is 14.6 Å². The normalized spacial score (nSPS) is 15.1. The number of esters is 1. The minimum atomic E-state index is -1.01. The molecule has 0 saturated heterocycles. The zero-order valence-electron chi connectivity index (χ0n) is 11.9. The fourth-order valence-corrected chi connectivity index (χ4v) is 2.03. The summed E-state index contributed by atoms with van der Waals surface area (Å²) in [4.78, 5) is 22.9. The maximum Gasteiger partial charge on any atom is 0.334 e. The average Bonchev–Trinajstić information content (AvgIpc) is 2.42. The molecule has 1 aliphatic carbocycles. The second kappa shape index (κ2) is 8.53. The Labute approximate surface area is 119 Å². The lowest BCUT2D eigenvalue weighted by molar-refractivity contribution is -0.141. The summed E-state index contributed by atoms with van der Waals surface area (Å²) in [6.07, 6.45) is 3.18. The molecule has 0 heterocycles. The van der Waals surface area contributed by atoms with E-state index in [0.29, 0.717) is 38.0 Å². The molecule has 1 rings (SSSR count). The third-order valence-electron chi connectivity index (χ3n) is 2.99. The fourth-order valence-electron chi connectivity index (χ4n) is 2.03. The highest BCUT2D eigenvalue weighted by Gasteiger charge is 2.24. The first kappa shape index (κ1) is 16.4. The van der Waals surface area contributed by atoms with Crippen molar-refractivity contribution in [3.05, 3.63) is 23.3 Å². The Morgan fingerprint density at radius 2 is 1.85 bits per heavy atom. The summed E-state index contributed by atoms with van der Waals surface area (Å²) in [6.45, 7) is 6.83.